The van der Waals surface area contributed by atoms with Crippen LogP contribution in [0, 0.1) is 0 Å². The van der Waals surface area contributed by atoms with Crippen LogP contribution in [0.4, 0.5) is 0 Å². The average molecular weight is 314 g/mol. The van der Waals surface area contributed by atoms with Gasteiger partial charge in [-0.05, 0) is 13.0 Å². The van der Waals surface area contributed by atoms with Gasteiger partial charge in [-0.3, -0.25) is 0 Å². The Morgan fingerprint density at radius 1 is 1.35 bits per heavy atom. The van der Waals surface area contributed by atoms with Gasteiger partial charge in [0.25, 0.3) is 0 Å². The van der Waals surface area contributed by atoms with Gasteiger partial charge in [-0.2, -0.15) is 0 Å². The largest absolute Gasteiger partial charge is 0.486 e. The van der Waals surface area contributed by atoms with Crippen molar-refractivity contribution in [2.24, 2.45) is 5.16 Å². The lowest BCUT2D eigenvalue weighted by Crippen LogP contribution is -2.26. The first kappa shape index (κ1) is 13.9. The molecule has 6 heteroatoms. The van der Waals surface area contributed by atoms with Crippen LogP contribution in [-0.2, 0) is 10.6 Å². The minimum absolute atomic E-state index is 0.361. The number of benzene rings is 1. The van der Waals surface area contributed by atoms with Crippen LogP contribution in [0.1, 0.15) is 18.9 Å². The monoisotopic (exact) mass is 313 g/mol. The number of thioether (sulfide) groups is 1. The van der Waals surface area contributed by atoms with Gasteiger partial charge in [0.15, 0.2) is 17.1 Å². The first-order chi connectivity index (χ1) is 9.70. The molecule has 1 unspecified atom stereocenters. The summed E-state index contributed by atoms with van der Waals surface area (Å²) < 4.78 is 11.3. The van der Waals surface area contributed by atoms with Gasteiger partial charge < -0.3 is 14.3 Å². The minimum Gasteiger partial charge on any atom is -0.486 e. The van der Waals surface area contributed by atoms with Crippen molar-refractivity contribution in [3.05, 3.63) is 23.8 Å². The molecular weight excluding hydrogens is 298 g/mol. The van der Waals surface area contributed by atoms with E-state index in [1.165, 1.54) is 0 Å². The second-order valence-electron chi connectivity index (χ2n) is 5.07. The molecule has 0 fully saturated rings. The molecule has 3 rings (SSSR count). The van der Waals surface area contributed by atoms with E-state index in [0.29, 0.717) is 19.1 Å². The highest BCUT2D eigenvalue weighted by molar-refractivity contribution is 8.13. The Labute approximate surface area is 127 Å². The van der Waals surface area contributed by atoms with Gasteiger partial charge >= 0.3 is 0 Å². The summed E-state index contributed by atoms with van der Waals surface area (Å²) in [5.41, 5.74) is 0.758. The zero-order valence-electron chi connectivity index (χ0n) is 11.2. The number of hydrogen-bond donors (Lipinski definition) is 0. The number of halogens is 1. The SMILES string of the molecule is CC1(CCl)CC(SCc2cccc3c2OCCO3)=NO1. The molecule has 0 saturated heterocycles. The van der Waals surface area contributed by atoms with E-state index in [-0.39, 0.29) is 5.60 Å². The molecule has 108 valence electrons. The predicted molar refractivity (Wildman–Crippen MR) is 81.0 cm³/mol. The number of para-hydroxylation sites is 1. The number of oxime groups is 1. The minimum atomic E-state index is -0.361. The Morgan fingerprint density at radius 2 is 2.20 bits per heavy atom. The molecule has 2 heterocycles. The zero-order chi connectivity index (χ0) is 14.0. The van der Waals surface area contributed by atoms with Crippen LogP contribution in [-0.4, -0.2) is 29.7 Å². The van der Waals surface area contributed by atoms with Crippen molar-refractivity contribution in [2.45, 2.75) is 24.7 Å². The molecule has 0 amide bonds. The molecule has 20 heavy (non-hydrogen) atoms. The molecule has 2 aliphatic rings. The fourth-order valence-electron chi connectivity index (χ4n) is 2.10. The third-order valence-electron chi connectivity index (χ3n) is 3.22. The highest BCUT2D eigenvalue weighted by Crippen LogP contribution is 2.37. The first-order valence-electron chi connectivity index (χ1n) is 6.51. The van der Waals surface area contributed by atoms with Gasteiger partial charge in [0.2, 0.25) is 0 Å². The summed E-state index contributed by atoms with van der Waals surface area (Å²) in [6.07, 6.45) is 0.757. The average Bonchev–Trinajstić information content (AvgIpc) is 2.87. The van der Waals surface area contributed by atoms with E-state index in [1.54, 1.807) is 11.8 Å². The van der Waals surface area contributed by atoms with E-state index in [9.17, 15) is 0 Å². The van der Waals surface area contributed by atoms with E-state index in [0.717, 1.165) is 34.3 Å². The van der Waals surface area contributed by atoms with Crippen molar-refractivity contribution < 1.29 is 14.3 Å². The fraction of sp³-hybridized carbons (Fsp3) is 0.500. The summed E-state index contributed by atoms with van der Waals surface area (Å²) >= 11 is 7.54. The number of rotatable bonds is 3. The van der Waals surface area contributed by atoms with Crippen LogP contribution >= 0.6 is 23.4 Å². The van der Waals surface area contributed by atoms with Crippen LogP contribution in [0.5, 0.6) is 11.5 Å². The quantitative estimate of drug-likeness (QED) is 0.802. The van der Waals surface area contributed by atoms with Crippen LogP contribution in [0.3, 0.4) is 0 Å². The maximum atomic E-state index is 5.88. The summed E-state index contributed by atoms with van der Waals surface area (Å²) in [4.78, 5) is 5.38. The molecular formula is C14H16ClNO3S. The summed E-state index contributed by atoms with van der Waals surface area (Å²) in [5, 5.41) is 5.08. The Hall–Kier alpha value is -1.07. The van der Waals surface area contributed by atoms with Crippen molar-refractivity contribution in [1.82, 2.24) is 0 Å². The molecule has 1 aromatic rings. The third kappa shape index (κ3) is 2.83. The summed E-state index contributed by atoms with van der Waals surface area (Å²) in [7, 11) is 0. The smallest absolute Gasteiger partial charge is 0.165 e. The predicted octanol–water partition coefficient (Wildman–Crippen LogP) is 3.42. The Bertz CT molecular complexity index is 537. The van der Waals surface area contributed by atoms with E-state index < -0.39 is 0 Å². The topological polar surface area (TPSA) is 40.0 Å². The fourth-order valence-corrected chi connectivity index (χ4v) is 3.29. The molecule has 0 bridgehead atoms. The van der Waals surface area contributed by atoms with Crippen molar-refractivity contribution in [2.75, 3.05) is 19.1 Å². The van der Waals surface area contributed by atoms with Crippen LogP contribution in [0.25, 0.3) is 0 Å². The molecule has 0 aliphatic carbocycles. The van der Waals surface area contributed by atoms with E-state index in [2.05, 4.69) is 11.2 Å². The lowest BCUT2D eigenvalue weighted by atomic mass is 10.1. The molecule has 2 aliphatic heterocycles. The summed E-state index contributed by atoms with van der Waals surface area (Å²) in [6.45, 7) is 3.18. The third-order valence-corrected chi connectivity index (χ3v) is 4.79. The van der Waals surface area contributed by atoms with Gasteiger partial charge in [0.05, 0.1) is 5.88 Å². The number of alkyl halides is 1. The van der Waals surface area contributed by atoms with Crippen LogP contribution in [0.2, 0.25) is 0 Å². The lowest BCUT2D eigenvalue weighted by molar-refractivity contribution is 0.0152. The first-order valence-corrected chi connectivity index (χ1v) is 8.03. The van der Waals surface area contributed by atoms with E-state index in [4.69, 9.17) is 25.9 Å². The van der Waals surface area contributed by atoms with Gasteiger partial charge in [-0.15, -0.1) is 23.4 Å². The Morgan fingerprint density at radius 3 is 3.00 bits per heavy atom. The molecule has 0 aromatic heterocycles. The number of fused-ring (bicyclic) bond motifs is 1. The van der Waals surface area contributed by atoms with Gasteiger partial charge in [-0.25, -0.2) is 0 Å². The summed E-state index contributed by atoms with van der Waals surface area (Å²) in [5.74, 6) is 2.90. The molecule has 1 atom stereocenters. The standard InChI is InChI=1S/C14H16ClNO3S/c1-14(9-15)7-12(16-19-14)20-8-10-3-2-4-11-13(10)18-6-5-17-11/h2-4H,5-9H2,1H3. The molecule has 1 aromatic carbocycles. The van der Waals surface area contributed by atoms with Crippen LogP contribution < -0.4 is 9.47 Å². The summed E-state index contributed by atoms with van der Waals surface area (Å²) in [6, 6.07) is 5.97. The highest BCUT2D eigenvalue weighted by atomic mass is 35.5. The molecule has 0 radical (unpaired) electrons. The van der Waals surface area contributed by atoms with Gasteiger partial charge in [0.1, 0.15) is 18.3 Å². The van der Waals surface area contributed by atoms with Crippen molar-refractivity contribution in [3.8, 4) is 11.5 Å². The molecule has 0 spiro atoms. The maximum absolute atomic E-state index is 5.88. The lowest BCUT2D eigenvalue weighted by Gasteiger charge is -2.20. The molecule has 0 N–H and O–H groups in total. The zero-order valence-corrected chi connectivity index (χ0v) is 12.8. The number of hydrogen-bond acceptors (Lipinski definition) is 5. The maximum Gasteiger partial charge on any atom is 0.165 e. The number of nitrogens with zero attached hydrogens (tertiary/aromatic N) is 1. The van der Waals surface area contributed by atoms with Crippen molar-refractivity contribution in [1.29, 1.82) is 0 Å². The van der Waals surface area contributed by atoms with Gasteiger partial charge in [0, 0.05) is 17.7 Å². The second kappa shape index (κ2) is 5.74. The van der Waals surface area contributed by atoms with E-state index >= 15 is 0 Å². The van der Waals surface area contributed by atoms with Crippen molar-refractivity contribution in [3.63, 3.8) is 0 Å². The Balaban J connectivity index is 1.65. The molecule has 0 saturated carbocycles. The van der Waals surface area contributed by atoms with E-state index in [1.807, 2.05) is 19.1 Å². The number of ether oxygens (including phenoxy) is 2. The van der Waals surface area contributed by atoms with Crippen molar-refractivity contribution >= 4 is 28.4 Å². The molecule has 4 nitrogen and oxygen atoms in total. The van der Waals surface area contributed by atoms with Crippen LogP contribution in [0.15, 0.2) is 23.4 Å². The Kier molecular flexibility index (Phi) is 3.98. The van der Waals surface area contributed by atoms with Gasteiger partial charge in [-0.1, -0.05) is 17.3 Å². The second-order valence-corrected chi connectivity index (χ2v) is 6.38. The highest BCUT2D eigenvalue weighted by Gasteiger charge is 2.33. The normalized spacial score (nSPS) is 24.2.